The summed E-state index contributed by atoms with van der Waals surface area (Å²) in [5.74, 6) is -12.0. The van der Waals surface area contributed by atoms with Crippen molar-refractivity contribution >= 4 is 35.8 Å². The van der Waals surface area contributed by atoms with Gasteiger partial charge in [0.05, 0.1) is 55.8 Å². The van der Waals surface area contributed by atoms with Gasteiger partial charge in [-0.25, -0.2) is 0 Å². The van der Waals surface area contributed by atoms with E-state index in [1.807, 2.05) is 6.92 Å². The molecule has 0 aromatic rings. The molecule has 0 bridgehead atoms. The lowest BCUT2D eigenvalue weighted by Gasteiger charge is -2.33. The molecule has 0 aromatic carbocycles. The summed E-state index contributed by atoms with van der Waals surface area (Å²) in [4.78, 5) is 71.6. The molecule has 16 heteroatoms. The van der Waals surface area contributed by atoms with Crippen LogP contribution in [0.1, 0.15) is 118 Å². The highest BCUT2D eigenvalue weighted by atomic mass is 16.6. The Kier molecular flexibility index (Phi) is 23.1. The van der Waals surface area contributed by atoms with E-state index < -0.39 is 116 Å². The zero-order chi connectivity index (χ0) is 38.6. The molecule has 9 N–H and O–H groups in total. The van der Waals surface area contributed by atoms with Crippen molar-refractivity contribution in [3.8, 4) is 0 Å². The maximum absolute atomic E-state index is 13.0. The van der Waals surface area contributed by atoms with E-state index in [1.54, 1.807) is 20.8 Å². The fourth-order valence-corrected chi connectivity index (χ4v) is 5.68. The number of carbonyl (C=O) groups is 6. The van der Waals surface area contributed by atoms with Crippen LogP contribution in [0.4, 0.5) is 0 Å². The van der Waals surface area contributed by atoms with Gasteiger partial charge in [0.15, 0.2) is 0 Å². The van der Waals surface area contributed by atoms with E-state index in [4.69, 9.17) is 25.4 Å². The molecule has 0 aliphatic heterocycles. The topological polar surface area (TPSA) is 289 Å². The number of unbranched alkanes of at least 4 members (excludes halogenated alkanes) is 2. The van der Waals surface area contributed by atoms with Gasteiger partial charge in [-0.1, -0.05) is 46.5 Å². The van der Waals surface area contributed by atoms with Crippen LogP contribution in [0, 0.1) is 23.7 Å². The summed E-state index contributed by atoms with van der Waals surface area (Å²) in [6, 6.07) is -0.476. The van der Waals surface area contributed by atoms with E-state index in [-0.39, 0.29) is 25.2 Å². The second kappa shape index (κ2) is 24.7. The van der Waals surface area contributed by atoms with Gasteiger partial charge in [0.25, 0.3) is 0 Å². The van der Waals surface area contributed by atoms with Crippen LogP contribution < -0.4 is 5.73 Å². The smallest absolute Gasteiger partial charge is 0.307 e. The van der Waals surface area contributed by atoms with Crippen molar-refractivity contribution in [1.29, 1.82) is 0 Å². The number of aliphatic hydroxyl groups is 3. The molecule has 0 amide bonds. The number of rotatable bonds is 29. The number of hydrogen-bond acceptors (Lipinski definition) is 12. The fraction of sp³-hybridized carbons (Fsp3) is 0.824. The third kappa shape index (κ3) is 21.0. The van der Waals surface area contributed by atoms with E-state index in [1.165, 1.54) is 0 Å². The number of ether oxygens (including phenoxy) is 2. The Morgan fingerprint density at radius 3 is 1.50 bits per heavy atom. The van der Waals surface area contributed by atoms with Crippen molar-refractivity contribution in [2.24, 2.45) is 29.4 Å². The highest BCUT2D eigenvalue weighted by molar-refractivity contribution is 5.83. The Bertz CT molecular complexity index is 1070. The van der Waals surface area contributed by atoms with E-state index in [0.717, 1.165) is 6.42 Å². The highest BCUT2D eigenvalue weighted by Crippen LogP contribution is 2.29. The minimum Gasteiger partial charge on any atom is -0.481 e. The van der Waals surface area contributed by atoms with Crippen LogP contribution in [0.3, 0.4) is 0 Å². The number of carboxylic acids is 4. The van der Waals surface area contributed by atoms with E-state index >= 15 is 0 Å². The van der Waals surface area contributed by atoms with Crippen molar-refractivity contribution in [2.75, 3.05) is 0 Å². The molecule has 0 spiro atoms. The number of aliphatic hydroxyl groups excluding tert-OH is 3. The van der Waals surface area contributed by atoms with Gasteiger partial charge < -0.3 is 51.0 Å². The van der Waals surface area contributed by atoms with Crippen LogP contribution in [-0.4, -0.2) is 108 Å². The van der Waals surface area contributed by atoms with Crippen LogP contribution in [0.2, 0.25) is 0 Å². The van der Waals surface area contributed by atoms with Crippen LogP contribution in [0.15, 0.2) is 0 Å². The SMILES string of the molecule is CCCC[C@@H](C)[C@@H](OC(=O)C[C@@H](CC(=O)O)C(=O)O)[C@H](C[C@@H](C)C[C@H](O)CCCC[C@@H](O)C[C@H](O)[C@@H](C)N)OC(=O)C[C@@H](CC(=O)O)C(=O)O. The third-order valence-electron chi connectivity index (χ3n) is 8.61. The molecule has 0 aliphatic carbocycles. The Balaban J connectivity index is 5.98. The molecule has 0 saturated carbocycles. The third-order valence-corrected chi connectivity index (χ3v) is 8.61. The monoisotopic (exact) mass is 721 g/mol. The number of aliphatic carboxylic acids is 4. The minimum atomic E-state index is -1.59. The summed E-state index contributed by atoms with van der Waals surface area (Å²) in [5, 5.41) is 67.8. The van der Waals surface area contributed by atoms with Crippen LogP contribution >= 0.6 is 0 Å². The number of carbonyl (C=O) groups excluding carboxylic acids is 2. The first-order chi connectivity index (χ1) is 23.3. The van der Waals surface area contributed by atoms with E-state index in [9.17, 15) is 54.3 Å². The molecule has 0 saturated heterocycles. The average molecular weight is 722 g/mol. The van der Waals surface area contributed by atoms with Crippen LogP contribution in [0.25, 0.3) is 0 Å². The maximum atomic E-state index is 13.0. The Labute approximate surface area is 293 Å². The second-order valence-corrected chi connectivity index (χ2v) is 13.6. The molecule has 0 aromatic heterocycles. The van der Waals surface area contributed by atoms with Gasteiger partial charge in [-0.05, 0) is 50.9 Å². The van der Waals surface area contributed by atoms with Gasteiger partial charge in [0.1, 0.15) is 12.2 Å². The van der Waals surface area contributed by atoms with Crippen molar-refractivity contribution in [2.45, 2.75) is 154 Å². The zero-order valence-electron chi connectivity index (χ0n) is 29.6. The highest BCUT2D eigenvalue weighted by Gasteiger charge is 2.37. The van der Waals surface area contributed by atoms with Crippen LogP contribution in [0.5, 0.6) is 0 Å². The fourth-order valence-electron chi connectivity index (χ4n) is 5.68. The molecule has 50 heavy (non-hydrogen) atoms. The molecule has 0 radical (unpaired) electrons. The lowest BCUT2D eigenvalue weighted by molar-refractivity contribution is -0.177. The lowest BCUT2D eigenvalue weighted by Crippen LogP contribution is -2.42. The Hall–Kier alpha value is -3.34. The summed E-state index contributed by atoms with van der Waals surface area (Å²) < 4.78 is 11.4. The van der Waals surface area contributed by atoms with Gasteiger partial charge in [-0.2, -0.15) is 0 Å². The lowest BCUT2D eigenvalue weighted by atomic mass is 9.87. The molecule has 0 heterocycles. The van der Waals surface area contributed by atoms with Gasteiger partial charge in [-0.15, -0.1) is 0 Å². The molecule has 0 unspecified atom stereocenters. The summed E-state index contributed by atoms with van der Waals surface area (Å²) in [6.45, 7) is 7.06. The summed E-state index contributed by atoms with van der Waals surface area (Å²) >= 11 is 0. The molecule has 10 atom stereocenters. The number of hydrogen-bond donors (Lipinski definition) is 8. The molecule has 16 nitrogen and oxygen atoms in total. The van der Waals surface area contributed by atoms with Gasteiger partial charge in [0, 0.05) is 12.5 Å². The average Bonchev–Trinajstić information content (AvgIpc) is 2.99. The number of esters is 2. The molecular weight excluding hydrogens is 662 g/mol. The predicted octanol–water partition coefficient (Wildman–Crippen LogP) is 2.56. The standard InChI is InChI=1S/C34H59NO15/c1-5-6-9-20(3)32(50-31(44)17-23(34(47)48)15-29(41)42)27(49-30(43)16-22(33(45)46)14-28(39)40)13-19(2)12-24(36)10-7-8-11-25(37)18-26(38)21(4)35/h19-27,32,36-38H,5-18,35H2,1-4H3,(H,39,40)(H,41,42)(H,45,46)(H,47,48)/t19-,20+,21+,22+,23+,24+,25+,26-,27-,32+/m0/s1. The van der Waals surface area contributed by atoms with Crippen molar-refractivity contribution in [1.82, 2.24) is 0 Å². The molecule has 0 fully saturated rings. The van der Waals surface area contributed by atoms with Gasteiger partial charge in [0.2, 0.25) is 0 Å². The largest absolute Gasteiger partial charge is 0.481 e. The van der Waals surface area contributed by atoms with Gasteiger partial charge >= 0.3 is 35.8 Å². The van der Waals surface area contributed by atoms with Crippen LogP contribution in [-0.2, 0) is 38.2 Å². The predicted molar refractivity (Wildman–Crippen MR) is 178 cm³/mol. The molecule has 0 aliphatic rings. The quantitative estimate of drug-likeness (QED) is 0.0407. The maximum Gasteiger partial charge on any atom is 0.307 e. The van der Waals surface area contributed by atoms with E-state index in [2.05, 4.69) is 0 Å². The molecule has 0 rings (SSSR count). The first kappa shape index (κ1) is 46.7. The van der Waals surface area contributed by atoms with Crippen molar-refractivity contribution < 1.29 is 74.0 Å². The second-order valence-electron chi connectivity index (χ2n) is 13.6. The van der Waals surface area contributed by atoms with Crippen molar-refractivity contribution in [3.63, 3.8) is 0 Å². The molecule has 290 valence electrons. The first-order valence-electron chi connectivity index (χ1n) is 17.3. The van der Waals surface area contributed by atoms with Gasteiger partial charge in [-0.3, -0.25) is 28.8 Å². The number of carboxylic acid groups (broad SMARTS) is 4. The van der Waals surface area contributed by atoms with Crippen molar-refractivity contribution in [3.05, 3.63) is 0 Å². The summed E-state index contributed by atoms with van der Waals surface area (Å²) in [5.41, 5.74) is 5.63. The Morgan fingerprint density at radius 2 is 1.08 bits per heavy atom. The Morgan fingerprint density at radius 1 is 0.620 bits per heavy atom. The normalized spacial score (nSPS) is 17.5. The summed E-state index contributed by atoms with van der Waals surface area (Å²) in [7, 11) is 0. The van der Waals surface area contributed by atoms with E-state index in [0.29, 0.717) is 38.5 Å². The number of nitrogens with two attached hydrogens (primary N) is 1. The summed E-state index contributed by atoms with van der Waals surface area (Å²) in [6.07, 6.45) is -3.74. The molecular formula is C34H59NO15. The first-order valence-corrected chi connectivity index (χ1v) is 17.3. The zero-order valence-corrected chi connectivity index (χ0v) is 29.6. The minimum absolute atomic E-state index is 0.0270.